The van der Waals surface area contributed by atoms with Crippen LogP contribution in [-0.4, -0.2) is 33.5 Å². The number of aliphatic hydroxyl groups excluding tert-OH is 1. The Morgan fingerprint density at radius 3 is 2.44 bits per heavy atom. The Kier molecular flexibility index (Phi) is 4.64. The molecule has 0 saturated heterocycles. The van der Waals surface area contributed by atoms with E-state index in [0.29, 0.717) is 6.42 Å². The summed E-state index contributed by atoms with van der Waals surface area (Å²) in [5, 5.41) is 8.69. The molecule has 0 amide bonds. The number of aliphatic hydroxyl groups is 1. The van der Waals surface area contributed by atoms with Crippen LogP contribution in [0.3, 0.4) is 0 Å². The van der Waals surface area contributed by atoms with E-state index in [2.05, 4.69) is 0 Å². The van der Waals surface area contributed by atoms with Gasteiger partial charge in [-0.2, -0.15) is 0 Å². The average molecular weight is 280 g/mol. The maximum absolute atomic E-state index is 13.9. The smallest absolute Gasteiger partial charge is 0.186 e. The monoisotopic (exact) mass is 280 g/mol. The van der Waals surface area contributed by atoms with Gasteiger partial charge in [0.2, 0.25) is 0 Å². The Morgan fingerprint density at radius 2 is 2.00 bits per heavy atom. The second kappa shape index (κ2) is 5.62. The minimum atomic E-state index is -4.01. The molecule has 1 N–H and O–H groups in total. The van der Waals surface area contributed by atoms with E-state index in [9.17, 15) is 17.2 Å². The lowest BCUT2D eigenvalue weighted by Crippen LogP contribution is -2.09. The maximum atomic E-state index is 13.9. The Bertz CT molecular complexity index is 540. The summed E-state index contributed by atoms with van der Waals surface area (Å²) in [5.41, 5.74) is 0.189. The van der Waals surface area contributed by atoms with E-state index in [-0.39, 0.29) is 24.3 Å². The van der Waals surface area contributed by atoms with Crippen molar-refractivity contribution in [1.82, 2.24) is 0 Å². The van der Waals surface area contributed by atoms with Gasteiger partial charge in [0.1, 0.15) is 10.7 Å². The number of hydrogen-bond donors (Lipinski definition) is 1. The molecular weight excluding hydrogens is 266 g/mol. The SMILES string of the molecule is COc1c(CCCO)cc(F)c(S(C)(=O)=O)c1F. The third-order valence-corrected chi connectivity index (χ3v) is 3.50. The van der Waals surface area contributed by atoms with Gasteiger partial charge >= 0.3 is 0 Å². The number of hydrogen-bond acceptors (Lipinski definition) is 4. The summed E-state index contributed by atoms with van der Waals surface area (Å²) in [4.78, 5) is -0.993. The first-order valence-electron chi connectivity index (χ1n) is 5.18. The second-order valence-corrected chi connectivity index (χ2v) is 5.75. The van der Waals surface area contributed by atoms with Gasteiger partial charge in [0.25, 0.3) is 0 Å². The quantitative estimate of drug-likeness (QED) is 0.883. The Morgan fingerprint density at radius 1 is 1.39 bits per heavy atom. The van der Waals surface area contributed by atoms with Crippen molar-refractivity contribution >= 4 is 9.84 Å². The largest absolute Gasteiger partial charge is 0.493 e. The highest BCUT2D eigenvalue weighted by atomic mass is 32.2. The van der Waals surface area contributed by atoms with Crippen LogP contribution in [0.5, 0.6) is 5.75 Å². The number of ether oxygens (including phenoxy) is 1. The van der Waals surface area contributed by atoms with E-state index < -0.39 is 26.4 Å². The maximum Gasteiger partial charge on any atom is 0.186 e. The zero-order valence-electron chi connectivity index (χ0n) is 10.0. The van der Waals surface area contributed by atoms with Crippen molar-refractivity contribution in [2.24, 2.45) is 0 Å². The van der Waals surface area contributed by atoms with Gasteiger partial charge in [-0.05, 0) is 18.9 Å². The van der Waals surface area contributed by atoms with E-state index in [4.69, 9.17) is 9.84 Å². The minimum absolute atomic E-state index is 0.139. The zero-order valence-corrected chi connectivity index (χ0v) is 10.9. The van der Waals surface area contributed by atoms with Crippen molar-refractivity contribution in [1.29, 1.82) is 0 Å². The fraction of sp³-hybridized carbons (Fsp3) is 0.455. The first-order chi connectivity index (χ1) is 8.32. The van der Waals surface area contributed by atoms with Crippen LogP contribution in [0.25, 0.3) is 0 Å². The highest BCUT2D eigenvalue weighted by Gasteiger charge is 2.25. The average Bonchev–Trinajstić information content (AvgIpc) is 2.23. The summed E-state index contributed by atoms with van der Waals surface area (Å²) in [7, 11) is -2.84. The molecule has 0 saturated carbocycles. The second-order valence-electron chi connectivity index (χ2n) is 3.79. The molecule has 0 aromatic heterocycles. The summed E-state index contributed by atoms with van der Waals surface area (Å²) >= 11 is 0. The van der Waals surface area contributed by atoms with Gasteiger partial charge < -0.3 is 9.84 Å². The van der Waals surface area contributed by atoms with Crippen LogP contribution >= 0.6 is 0 Å². The van der Waals surface area contributed by atoms with Gasteiger partial charge in [-0.3, -0.25) is 0 Å². The van der Waals surface area contributed by atoms with Crippen molar-refractivity contribution in [3.8, 4) is 5.75 Å². The predicted octanol–water partition coefficient (Wildman–Crippen LogP) is 1.30. The van der Waals surface area contributed by atoms with Crippen LogP contribution in [0.1, 0.15) is 12.0 Å². The molecule has 7 heteroatoms. The van der Waals surface area contributed by atoms with Gasteiger partial charge in [-0.15, -0.1) is 0 Å². The lowest BCUT2D eigenvalue weighted by Gasteiger charge is -2.12. The molecule has 0 aliphatic rings. The van der Waals surface area contributed by atoms with Gasteiger partial charge in [-0.25, -0.2) is 17.2 Å². The molecule has 0 atom stereocenters. The predicted molar refractivity (Wildman–Crippen MR) is 61.4 cm³/mol. The summed E-state index contributed by atoms with van der Waals surface area (Å²) < 4.78 is 54.9. The van der Waals surface area contributed by atoms with Gasteiger partial charge in [0, 0.05) is 18.4 Å². The molecule has 102 valence electrons. The van der Waals surface area contributed by atoms with Crippen molar-refractivity contribution < 1.29 is 27.0 Å². The topological polar surface area (TPSA) is 63.6 Å². The number of methoxy groups -OCH3 is 1. The number of halogens is 2. The number of aryl methyl sites for hydroxylation is 1. The summed E-state index contributed by atoms with van der Waals surface area (Å²) in [6, 6.07) is 0.925. The van der Waals surface area contributed by atoms with Gasteiger partial charge in [-0.1, -0.05) is 0 Å². The third kappa shape index (κ3) is 2.97. The van der Waals surface area contributed by atoms with Crippen molar-refractivity contribution in [2.45, 2.75) is 17.7 Å². The number of sulfone groups is 1. The molecule has 1 aromatic carbocycles. The minimum Gasteiger partial charge on any atom is -0.493 e. The number of benzene rings is 1. The Hall–Kier alpha value is -1.21. The molecule has 0 aliphatic carbocycles. The number of rotatable bonds is 5. The molecule has 0 radical (unpaired) electrons. The molecule has 1 rings (SSSR count). The molecule has 0 heterocycles. The van der Waals surface area contributed by atoms with Crippen LogP contribution < -0.4 is 4.74 Å². The van der Waals surface area contributed by atoms with Crippen molar-refractivity contribution in [2.75, 3.05) is 20.0 Å². The van der Waals surface area contributed by atoms with Gasteiger partial charge in [0.15, 0.2) is 21.4 Å². The van der Waals surface area contributed by atoms with Crippen LogP contribution in [-0.2, 0) is 16.3 Å². The molecule has 18 heavy (non-hydrogen) atoms. The Labute approximate surface area is 104 Å². The van der Waals surface area contributed by atoms with E-state index in [1.54, 1.807) is 0 Å². The van der Waals surface area contributed by atoms with Crippen molar-refractivity contribution in [3.05, 3.63) is 23.3 Å². The first-order valence-corrected chi connectivity index (χ1v) is 7.07. The highest BCUT2D eigenvalue weighted by Crippen LogP contribution is 2.31. The highest BCUT2D eigenvalue weighted by molar-refractivity contribution is 7.90. The lowest BCUT2D eigenvalue weighted by molar-refractivity contribution is 0.287. The van der Waals surface area contributed by atoms with E-state index >= 15 is 0 Å². The molecule has 0 spiro atoms. The van der Waals surface area contributed by atoms with Crippen LogP contribution in [0.2, 0.25) is 0 Å². The Balaban J connectivity index is 3.45. The molecule has 0 fully saturated rings. The van der Waals surface area contributed by atoms with Crippen molar-refractivity contribution in [3.63, 3.8) is 0 Å². The summed E-state index contributed by atoms with van der Waals surface area (Å²) in [6.45, 7) is -0.139. The van der Waals surface area contributed by atoms with Gasteiger partial charge in [0.05, 0.1) is 7.11 Å². The third-order valence-electron chi connectivity index (χ3n) is 2.39. The fourth-order valence-electron chi connectivity index (χ4n) is 1.65. The molecule has 0 aliphatic heterocycles. The summed E-state index contributed by atoms with van der Waals surface area (Å²) in [6.07, 6.45) is 1.21. The molecular formula is C11H14F2O4S. The van der Waals surface area contributed by atoms with Crippen LogP contribution in [0.4, 0.5) is 8.78 Å². The normalized spacial score (nSPS) is 11.6. The van der Waals surface area contributed by atoms with E-state index in [1.165, 1.54) is 7.11 Å². The van der Waals surface area contributed by atoms with Crippen LogP contribution in [0.15, 0.2) is 11.0 Å². The van der Waals surface area contributed by atoms with E-state index in [1.807, 2.05) is 0 Å². The summed E-state index contributed by atoms with van der Waals surface area (Å²) in [5.74, 6) is -2.68. The molecule has 4 nitrogen and oxygen atoms in total. The fourth-order valence-corrected chi connectivity index (χ4v) is 2.48. The molecule has 1 aromatic rings. The standard InChI is InChI=1S/C11H14F2O4S/c1-17-10-7(4-3-5-14)6-8(12)11(9(10)13)18(2,15)16/h6,14H,3-5H2,1-2H3. The first kappa shape index (κ1) is 14.8. The molecule has 0 bridgehead atoms. The van der Waals surface area contributed by atoms with Crippen LogP contribution in [0, 0.1) is 11.6 Å². The molecule has 0 unspecified atom stereocenters. The van der Waals surface area contributed by atoms with E-state index in [0.717, 1.165) is 12.3 Å². The zero-order chi connectivity index (χ0) is 13.9. The lowest BCUT2D eigenvalue weighted by atomic mass is 10.1.